The molecule has 3 aliphatic carbocycles. The highest BCUT2D eigenvalue weighted by Gasteiger charge is 2.36. The van der Waals surface area contributed by atoms with E-state index in [9.17, 15) is 4.79 Å². The zero-order valence-corrected chi connectivity index (χ0v) is 12.7. The Balaban J connectivity index is 1.51. The molecule has 0 aliphatic heterocycles. The maximum Gasteiger partial charge on any atom is 0.223 e. The fraction of sp³-hybridized carbons (Fsp3) is 0.941. The van der Waals surface area contributed by atoms with Gasteiger partial charge in [0, 0.05) is 12.0 Å². The minimum Gasteiger partial charge on any atom is -0.353 e. The fourth-order valence-corrected chi connectivity index (χ4v) is 4.98. The second-order valence-electron chi connectivity index (χ2n) is 7.36. The van der Waals surface area contributed by atoms with E-state index in [-0.39, 0.29) is 5.92 Å². The van der Waals surface area contributed by atoms with Crippen molar-refractivity contribution < 1.29 is 4.79 Å². The molecule has 3 aliphatic rings. The van der Waals surface area contributed by atoms with Crippen LogP contribution in [0, 0.1) is 23.7 Å². The van der Waals surface area contributed by atoms with Crippen molar-refractivity contribution in [1.29, 1.82) is 0 Å². The third kappa shape index (κ3) is 3.03. The highest BCUT2D eigenvalue weighted by molar-refractivity contribution is 5.79. The summed E-state index contributed by atoms with van der Waals surface area (Å²) in [5.41, 5.74) is 5.80. The predicted molar refractivity (Wildman–Crippen MR) is 81.1 cm³/mol. The topological polar surface area (TPSA) is 55.1 Å². The molecule has 3 nitrogen and oxygen atoms in total. The highest BCUT2D eigenvalue weighted by atomic mass is 16.2. The standard InChI is InChI=1S/C17H30N2O/c18-11-14-6-3-7-16(14)17(20)19-15-9-8-12-4-1-2-5-13(12)10-15/h12-16H,1-11,18H2,(H,19,20)/t12?,13?,14-,15?,16-/m1/s1. The Morgan fingerprint density at radius 2 is 1.75 bits per heavy atom. The predicted octanol–water partition coefficient (Wildman–Crippen LogP) is 2.84. The van der Waals surface area contributed by atoms with Gasteiger partial charge in [-0.2, -0.15) is 0 Å². The van der Waals surface area contributed by atoms with Crippen molar-refractivity contribution in [1.82, 2.24) is 5.32 Å². The van der Waals surface area contributed by atoms with Crippen molar-refractivity contribution in [3.63, 3.8) is 0 Å². The van der Waals surface area contributed by atoms with E-state index < -0.39 is 0 Å². The largest absolute Gasteiger partial charge is 0.353 e. The lowest BCUT2D eigenvalue weighted by molar-refractivity contribution is -0.127. The van der Waals surface area contributed by atoms with Crippen molar-refractivity contribution in [3.05, 3.63) is 0 Å². The molecule has 5 atom stereocenters. The van der Waals surface area contributed by atoms with Crippen LogP contribution in [-0.2, 0) is 4.79 Å². The molecule has 0 bridgehead atoms. The first-order valence-corrected chi connectivity index (χ1v) is 8.78. The van der Waals surface area contributed by atoms with E-state index >= 15 is 0 Å². The van der Waals surface area contributed by atoms with Gasteiger partial charge in [-0.15, -0.1) is 0 Å². The number of carbonyl (C=O) groups excluding carboxylic acids is 1. The number of rotatable bonds is 3. The Kier molecular flexibility index (Phi) is 4.65. The Hall–Kier alpha value is -0.570. The Labute approximate surface area is 123 Å². The lowest BCUT2D eigenvalue weighted by Gasteiger charge is -2.39. The first kappa shape index (κ1) is 14.4. The smallest absolute Gasteiger partial charge is 0.223 e. The molecule has 0 heterocycles. The number of amides is 1. The van der Waals surface area contributed by atoms with Gasteiger partial charge >= 0.3 is 0 Å². The summed E-state index contributed by atoms with van der Waals surface area (Å²) >= 11 is 0. The average molecular weight is 278 g/mol. The summed E-state index contributed by atoms with van der Waals surface area (Å²) in [5.74, 6) is 2.78. The molecule has 3 unspecified atom stereocenters. The first-order chi connectivity index (χ1) is 9.78. The lowest BCUT2D eigenvalue weighted by atomic mass is 9.69. The van der Waals surface area contributed by atoms with Crippen molar-refractivity contribution in [2.75, 3.05) is 6.54 Å². The number of carbonyl (C=O) groups is 1. The van der Waals surface area contributed by atoms with Crippen LogP contribution in [0.3, 0.4) is 0 Å². The summed E-state index contributed by atoms with van der Waals surface area (Å²) in [6, 6.07) is 0.445. The molecule has 3 N–H and O–H groups in total. The van der Waals surface area contributed by atoms with E-state index in [1.807, 2.05) is 0 Å². The second kappa shape index (κ2) is 6.46. The maximum atomic E-state index is 12.5. The van der Waals surface area contributed by atoms with Crippen LogP contribution in [0.4, 0.5) is 0 Å². The lowest BCUT2D eigenvalue weighted by Crippen LogP contribution is -2.45. The molecule has 20 heavy (non-hydrogen) atoms. The van der Waals surface area contributed by atoms with Crippen molar-refractivity contribution in [3.8, 4) is 0 Å². The second-order valence-corrected chi connectivity index (χ2v) is 7.36. The number of fused-ring (bicyclic) bond motifs is 1. The number of hydrogen-bond acceptors (Lipinski definition) is 2. The fourth-order valence-electron chi connectivity index (χ4n) is 4.98. The molecule has 3 heteroatoms. The van der Waals surface area contributed by atoms with E-state index in [0.717, 1.165) is 24.7 Å². The molecule has 0 spiro atoms. The SMILES string of the molecule is NC[C@H]1CCC[C@H]1C(=O)NC1CCC2CCCCC2C1. The van der Waals surface area contributed by atoms with E-state index in [4.69, 9.17) is 5.73 Å². The van der Waals surface area contributed by atoms with Gasteiger partial charge in [-0.25, -0.2) is 0 Å². The molecular formula is C17H30N2O. The van der Waals surface area contributed by atoms with Crippen LogP contribution < -0.4 is 11.1 Å². The Bertz CT molecular complexity index is 344. The summed E-state index contributed by atoms with van der Waals surface area (Å²) in [6.07, 6.45) is 12.8. The van der Waals surface area contributed by atoms with Gasteiger partial charge in [0.1, 0.15) is 0 Å². The summed E-state index contributed by atoms with van der Waals surface area (Å²) in [6.45, 7) is 0.674. The Morgan fingerprint density at radius 3 is 2.55 bits per heavy atom. The summed E-state index contributed by atoms with van der Waals surface area (Å²) in [7, 11) is 0. The molecule has 0 aromatic carbocycles. The molecular weight excluding hydrogens is 248 g/mol. The monoisotopic (exact) mass is 278 g/mol. The molecule has 1 amide bonds. The molecule has 0 aromatic heterocycles. The Morgan fingerprint density at radius 1 is 0.950 bits per heavy atom. The summed E-state index contributed by atoms with van der Waals surface area (Å²) in [4.78, 5) is 12.5. The van der Waals surface area contributed by atoms with Crippen LogP contribution in [0.15, 0.2) is 0 Å². The van der Waals surface area contributed by atoms with Gasteiger partial charge in [0.25, 0.3) is 0 Å². The van der Waals surface area contributed by atoms with Crippen LogP contribution >= 0.6 is 0 Å². The zero-order valence-electron chi connectivity index (χ0n) is 12.7. The summed E-state index contributed by atoms with van der Waals surface area (Å²) in [5, 5.41) is 3.36. The first-order valence-electron chi connectivity index (χ1n) is 8.78. The molecule has 3 fully saturated rings. The molecule has 3 rings (SSSR count). The minimum atomic E-state index is 0.198. The molecule has 0 radical (unpaired) electrons. The number of nitrogens with one attached hydrogen (secondary N) is 1. The van der Waals surface area contributed by atoms with Crippen molar-refractivity contribution >= 4 is 5.91 Å². The highest BCUT2D eigenvalue weighted by Crippen LogP contribution is 2.40. The van der Waals surface area contributed by atoms with Crippen LogP contribution in [0.25, 0.3) is 0 Å². The molecule has 3 saturated carbocycles. The normalized spacial score (nSPS) is 41.1. The van der Waals surface area contributed by atoms with E-state index in [1.165, 1.54) is 51.4 Å². The minimum absolute atomic E-state index is 0.198. The van der Waals surface area contributed by atoms with Crippen LogP contribution in [0.5, 0.6) is 0 Å². The van der Waals surface area contributed by atoms with Gasteiger partial charge in [-0.3, -0.25) is 4.79 Å². The van der Waals surface area contributed by atoms with Gasteiger partial charge in [-0.1, -0.05) is 32.1 Å². The summed E-state index contributed by atoms with van der Waals surface area (Å²) < 4.78 is 0. The molecule has 0 saturated heterocycles. The third-order valence-electron chi connectivity index (χ3n) is 6.18. The van der Waals surface area contributed by atoms with Crippen molar-refractivity contribution in [2.24, 2.45) is 29.4 Å². The van der Waals surface area contributed by atoms with E-state index in [2.05, 4.69) is 5.32 Å². The van der Waals surface area contributed by atoms with Crippen LogP contribution in [-0.4, -0.2) is 18.5 Å². The van der Waals surface area contributed by atoms with Crippen LogP contribution in [0.2, 0.25) is 0 Å². The van der Waals surface area contributed by atoms with Gasteiger partial charge in [0.2, 0.25) is 5.91 Å². The zero-order chi connectivity index (χ0) is 13.9. The number of hydrogen-bond donors (Lipinski definition) is 2. The maximum absolute atomic E-state index is 12.5. The molecule has 114 valence electrons. The van der Waals surface area contributed by atoms with Gasteiger partial charge in [0.05, 0.1) is 0 Å². The van der Waals surface area contributed by atoms with E-state index in [0.29, 0.717) is 24.4 Å². The van der Waals surface area contributed by atoms with Gasteiger partial charge in [0.15, 0.2) is 0 Å². The quantitative estimate of drug-likeness (QED) is 0.834. The molecule has 0 aromatic rings. The average Bonchev–Trinajstić information content (AvgIpc) is 2.95. The van der Waals surface area contributed by atoms with E-state index in [1.54, 1.807) is 0 Å². The van der Waals surface area contributed by atoms with Crippen LogP contribution in [0.1, 0.15) is 64.2 Å². The van der Waals surface area contributed by atoms with Crippen molar-refractivity contribution in [2.45, 2.75) is 70.3 Å². The number of nitrogens with two attached hydrogens (primary N) is 1. The van der Waals surface area contributed by atoms with Gasteiger partial charge in [-0.05, 0) is 56.4 Å². The third-order valence-corrected chi connectivity index (χ3v) is 6.18. The van der Waals surface area contributed by atoms with Gasteiger partial charge < -0.3 is 11.1 Å².